The smallest absolute Gasteiger partial charge is 0.333 e. The lowest BCUT2D eigenvalue weighted by atomic mass is 10.2. The van der Waals surface area contributed by atoms with Crippen LogP contribution in [0.5, 0.6) is 0 Å². The second kappa shape index (κ2) is 7.08. The monoisotopic (exact) mass is 270 g/mol. The van der Waals surface area contributed by atoms with Gasteiger partial charge in [0.05, 0.1) is 17.6 Å². The van der Waals surface area contributed by atoms with Gasteiger partial charge in [0.25, 0.3) is 0 Å². The highest BCUT2D eigenvalue weighted by Gasteiger charge is 2.26. The highest BCUT2D eigenvalue weighted by Crippen LogP contribution is 2.29. The zero-order valence-electron chi connectivity index (χ0n) is 12.0. The van der Waals surface area contributed by atoms with E-state index in [1.807, 2.05) is 6.92 Å². The van der Waals surface area contributed by atoms with E-state index >= 15 is 0 Å². The molecule has 0 aromatic carbocycles. The summed E-state index contributed by atoms with van der Waals surface area (Å²) in [4.78, 5) is 10.8. The van der Waals surface area contributed by atoms with Crippen molar-refractivity contribution in [3.63, 3.8) is 0 Å². The van der Waals surface area contributed by atoms with Crippen molar-refractivity contribution in [2.45, 2.75) is 46.2 Å². The third-order valence-corrected chi connectivity index (χ3v) is 2.92. The molecule has 0 bridgehead atoms. The first-order valence-electron chi connectivity index (χ1n) is 6.52. The van der Waals surface area contributed by atoms with Gasteiger partial charge in [0.15, 0.2) is 0 Å². The summed E-state index contributed by atoms with van der Waals surface area (Å²) in [5.74, 6) is 0.473. The first-order chi connectivity index (χ1) is 9.04. The van der Waals surface area contributed by atoms with Crippen molar-refractivity contribution in [1.29, 1.82) is 0 Å². The van der Waals surface area contributed by atoms with Crippen LogP contribution in [0.2, 0.25) is 0 Å². The lowest BCUT2D eigenvalue weighted by Crippen LogP contribution is -2.26. The van der Waals surface area contributed by atoms with Crippen molar-refractivity contribution in [1.82, 2.24) is 9.78 Å². The zero-order valence-corrected chi connectivity index (χ0v) is 12.0. The number of anilines is 1. The maximum atomic E-state index is 11.2. The van der Waals surface area contributed by atoms with Crippen LogP contribution in [-0.4, -0.2) is 34.5 Å². The Bertz CT molecular complexity index is 425. The highest BCUT2D eigenvalue weighted by atomic mass is 16.6. The number of aryl methyl sites for hydroxylation is 2. The molecule has 1 heterocycles. The number of rotatable bonds is 8. The van der Waals surface area contributed by atoms with E-state index in [4.69, 9.17) is 4.74 Å². The van der Waals surface area contributed by atoms with Crippen LogP contribution in [0.25, 0.3) is 0 Å². The summed E-state index contributed by atoms with van der Waals surface area (Å²) in [5.41, 5.74) is 0.487. The predicted octanol–water partition coefficient (Wildman–Crippen LogP) is 2.35. The summed E-state index contributed by atoms with van der Waals surface area (Å²) >= 11 is 0. The van der Waals surface area contributed by atoms with Gasteiger partial charge in [-0.2, -0.15) is 5.10 Å². The highest BCUT2D eigenvalue weighted by molar-refractivity contribution is 5.60. The summed E-state index contributed by atoms with van der Waals surface area (Å²) in [6.45, 7) is 6.73. The zero-order chi connectivity index (χ0) is 14.4. The average molecular weight is 270 g/mol. The SMILES string of the molecule is CCCC(COC)Nc1c([N+](=O)[O-])c(C)nn1CC. The van der Waals surface area contributed by atoms with Gasteiger partial charge in [0.2, 0.25) is 5.82 Å². The fourth-order valence-electron chi connectivity index (χ4n) is 2.10. The molecule has 7 heteroatoms. The van der Waals surface area contributed by atoms with Crippen LogP contribution in [0.4, 0.5) is 11.5 Å². The predicted molar refractivity (Wildman–Crippen MR) is 73.5 cm³/mol. The van der Waals surface area contributed by atoms with E-state index in [2.05, 4.69) is 17.3 Å². The Morgan fingerprint density at radius 2 is 2.21 bits per heavy atom. The molecule has 0 spiro atoms. The molecule has 0 fully saturated rings. The molecule has 1 rings (SSSR count). The van der Waals surface area contributed by atoms with Gasteiger partial charge in [0, 0.05) is 13.7 Å². The van der Waals surface area contributed by atoms with Crippen LogP contribution < -0.4 is 5.32 Å². The quantitative estimate of drug-likeness (QED) is 0.579. The second-order valence-electron chi connectivity index (χ2n) is 4.44. The number of nitro groups is 1. The Balaban J connectivity index is 3.05. The Hall–Kier alpha value is -1.63. The molecule has 0 radical (unpaired) electrons. The van der Waals surface area contributed by atoms with Gasteiger partial charge in [-0.15, -0.1) is 0 Å². The lowest BCUT2D eigenvalue weighted by molar-refractivity contribution is -0.384. The van der Waals surface area contributed by atoms with E-state index in [9.17, 15) is 10.1 Å². The van der Waals surface area contributed by atoms with Crippen LogP contribution in [-0.2, 0) is 11.3 Å². The van der Waals surface area contributed by atoms with Crippen molar-refractivity contribution in [2.24, 2.45) is 0 Å². The summed E-state index contributed by atoms with van der Waals surface area (Å²) in [5, 5.41) is 18.6. The van der Waals surface area contributed by atoms with Crippen molar-refractivity contribution < 1.29 is 9.66 Å². The van der Waals surface area contributed by atoms with Crippen molar-refractivity contribution in [2.75, 3.05) is 19.0 Å². The van der Waals surface area contributed by atoms with Gasteiger partial charge in [-0.3, -0.25) is 10.1 Å². The first-order valence-corrected chi connectivity index (χ1v) is 6.52. The maximum Gasteiger partial charge on any atom is 0.333 e. The van der Waals surface area contributed by atoms with E-state index in [0.717, 1.165) is 12.8 Å². The Morgan fingerprint density at radius 1 is 1.53 bits per heavy atom. The van der Waals surface area contributed by atoms with Crippen LogP contribution in [0, 0.1) is 17.0 Å². The maximum absolute atomic E-state index is 11.2. The number of methoxy groups -OCH3 is 1. The summed E-state index contributed by atoms with van der Waals surface area (Å²) in [6, 6.07) is 0.0510. The molecule has 0 aliphatic carbocycles. The number of nitrogens with one attached hydrogen (secondary N) is 1. The summed E-state index contributed by atoms with van der Waals surface area (Å²) in [7, 11) is 1.63. The van der Waals surface area contributed by atoms with Crippen LogP contribution in [0.1, 0.15) is 32.4 Å². The second-order valence-corrected chi connectivity index (χ2v) is 4.44. The Labute approximate surface area is 113 Å². The van der Waals surface area contributed by atoms with Gasteiger partial charge in [0.1, 0.15) is 5.69 Å². The van der Waals surface area contributed by atoms with Gasteiger partial charge in [-0.05, 0) is 20.3 Å². The Kier molecular flexibility index (Phi) is 5.75. The van der Waals surface area contributed by atoms with E-state index in [1.54, 1.807) is 18.7 Å². The molecule has 0 aliphatic heterocycles. The molecule has 1 N–H and O–H groups in total. The average Bonchev–Trinajstić information content (AvgIpc) is 2.66. The van der Waals surface area contributed by atoms with Crippen LogP contribution in [0.3, 0.4) is 0 Å². The molecule has 0 amide bonds. The molecule has 1 aromatic heterocycles. The first kappa shape index (κ1) is 15.4. The summed E-state index contributed by atoms with van der Waals surface area (Å²) in [6.07, 6.45) is 1.87. The third kappa shape index (κ3) is 3.66. The molecule has 19 heavy (non-hydrogen) atoms. The lowest BCUT2D eigenvalue weighted by Gasteiger charge is -2.18. The van der Waals surface area contributed by atoms with Gasteiger partial charge in [-0.25, -0.2) is 4.68 Å². The number of hydrogen-bond acceptors (Lipinski definition) is 5. The van der Waals surface area contributed by atoms with Gasteiger partial charge < -0.3 is 10.1 Å². The van der Waals surface area contributed by atoms with E-state index in [-0.39, 0.29) is 16.7 Å². The van der Waals surface area contributed by atoms with Crippen molar-refractivity contribution >= 4 is 11.5 Å². The Morgan fingerprint density at radius 3 is 2.68 bits per heavy atom. The summed E-state index contributed by atoms with van der Waals surface area (Å²) < 4.78 is 6.78. The van der Waals surface area contributed by atoms with Gasteiger partial charge in [-0.1, -0.05) is 13.3 Å². The minimum atomic E-state index is -0.382. The van der Waals surface area contributed by atoms with E-state index in [0.29, 0.717) is 24.7 Å². The van der Waals surface area contributed by atoms with Gasteiger partial charge >= 0.3 is 5.69 Å². The normalized spacial score (nSPS) is 12.4. The molecule has 108 valence electrons. The fourth-order valence-corrected chi connectivity index (χ4v) is 2.10. The molecule has 0 saturated carbocycles. The standard InChI is InChI=1S/C12H22N4O3/c1-5-7-10(8-19-4)13-12-11(16(17)18)9(3)14-15(12)6-2/h10,13H,5-8H2,1-4H3. The molecular formula is C12H22N4O3. The van der Waals surface area contributed by atoms with Crippen molar-refractivity contribution in [3.05, 3.63) is 15.8 Å². The third-order valence-electron chi connectivity index (χ3n) is 2.92. The van der Waals surface area contributed by atoms with Crippen molar-refractivity contribution in [3.8, 4) is 0 Å². The van der Waals surface area contributed by atoms with E-state index < -0.39 is 0 Å². The minimum absolute atomic E-state index is 0.0510. The molecular weight excluding hydrogens is 248 g/mol. The molecule has 1 atom stereocenters. The fraction of sp³-hybridized carbons (Fsp3) is 0.750. The van der Waals surface area contributed by atoms with E-state index in [1.165, 1.54) is 0 Å². The minimum Gasteiger partial charge on any atom is -0.383 e. The number of ether oxygens (including phenoxy) is 1. The molecule has 0 aliphatic rings. The number of nitrogens with zero attached hydrogens (tertiary/aromatic N) is 3. The van der Waals surface area contributed by atoms with Crippen LogP contribution >= 0.6 is 0 Å². The molecule has 7 nitrogen and oxygen atoms in total. The molecule has 0 saturated heterocycles. The molecule has 1 unspecified atom stereocenters. The molecule has 1 aromatic rings. The number of hydrogen-bond donors (Lipinski definition) is 1. The van der Waals surface area contributed by atoms with Crippen LogP contribution in [0.15, 0.2) is 0 Å². The largest absolute Gasteiger partial charge is 0.383 e. The number of aromatic nitrogens is 2. The topological polar surface area (TPSA) is 82.2 Å².